The second kappa shape index (κ2) is 8.11. The summed E-state index contributed by atoms with van der Waals surface area (Å²) in [6, 6.07) is 18.1. The van der Waals surface area contributed by atoms with Crippen LogP contribution in [0.3, 0.4) is 0 Å². The van der Waals surface area contributed by atoms with Crippen LogP contribution in [0.4, 0.5) is 17.5 Å². The van der Waals surface area contributed by atoms with E-state index >= 15 is 0 Å². The predicted molar refractivity (Wildman–Crippen MR) is 134 cm³/mol. The van der Waals surface area contributed by atoms with Crippen molar-refractivity contribution >= 4 is 50.6 Å². The molecule has 0 spiro atoms. The predicted octanol–water partition coefficient (Wildman–Crippen LogP) is 5.19. The van der Waals surface area contributed by atoms with Crippen LogP contribution in [0.5, 0.6) is 0 Å². The molecule has 0 saturated carbocycles. The van der Waals surface area contributed by atoms with Crippen LogP contribution in [0.2, 0.25) is 0 Å². The van der Waals surface area contributed by atoms with E-state index in [0.29, 0.717) is 18.3 Å². The Hall–Kier alpha value is -4.53. The number of aromatic amines is 1. The molecule has 0 radical (unpaired) electrons. The first-order valence-electron chi connectivity index (χ1n) is 11.2. The number of fused-ring (bicyclic) bond motifs is 3. The molecule has 9 heteroatoms. The highest BCUT2D eigenvalue weighted by atomic mass is 15.2. The van der Waals surface area contributed by atoms with E-state index in [1.807, 2.05) is 65.5 Å². The van der Waals surface area contributed by atoms with Crippen LogP contribution in [0, 0.1) is 0 Å². The number of nitrogens with zero attached hydrogens (tertiary/aromatic N) is 6. The first-order valence-corrected chi connectivity index (χ1v) is 11.2. The number of benzene rings is 2. The maximum Gasteiger partial charge on any atom is 0.231 e. The minimum absolute atomic E-state index is 0.211. The second-order valence-corrected chi connectivity index (χ2v) is 8.40. The highest BCUT2D eigenvalue weighted by Crippen LogP contribution is 2.26. The van der Waals surface area contributed by atoms with Gasteiger partial charge in [-0.15, -0.1) is 0 Å². The lowest BCUT2D eigenvalue weighted by molar-refractivity contribution is 0.613. The Labute approximate surface area is 195 Å². The number of para-hydroxylation sites is 2. The first kappa shape index (κ1) is 20.1. The van der Waals surface area contributed by atoms with Crippen LogP contribution in [-0.4, -0.2) is 34.5 Å². The minimum atomic E-state index is 0.211. The standard InChI is InChI=1S/C25H23N9/c1-15(2)34-14-28-22-23(27-13-21-30-19-7-3-4-8-20(19)31-21)32-25(33-24(22)34)29-17-9-10-18-16(12-17)6-5-11-26-18/h3-12,14-15H,13H2,1-2H3,(H,30,31)(H2,27,29,32,33). The van der Waals surface area contributed by atoms with Gasteiger partial charge < -0.3 is 20.2 Å². The molecule has 0 unspecified atom stereocenters. The van der Waals surface area contributed by atoms with Gasteiger partial charge in [0.25, 0.3) is 0 Å². The van der Waals surface area contributed by atoms with E-state index in [4.69, 9.17) is 9.97 Å². The summed E-state index contributed by atoms with van der Waals surface area (Å²) in [7, 11) is 0. The molecule has 6 rings (SSSR count). The average Bonchev–Trinajstić information content (AvgIpc) is 3.46. The van der Waals surface area contributed by atoms with E-state index in [9.17, 15) is 0 Å². The van der Waals surface area contributed by atoms with Gasteiger partial charge in [-0.25, -0.2) is 9.97 Å². The lowest BCUT2D eigenvalue weighted by Crippen LogP contribution is -2.08. The topological polar surface area (TPSA) is 109 Å². The van der Waals surface area contributed by atoms with Gasteiger partial charge in [-0.1, -0.05) is 18.2 Å². The molecular formula is C25H23N9. The van der Waals surface area contributed by atoms with Gasteiger partial charge in [0.15, 0.2) is 17.0 Å². The molecule has 168 valence electrons. The maximum absolute atomic E-state index is 4.78. The lowest BCUT2D eigenvalue weighted by atomic mass is 10.2. The van der Waals surface area contributed by atoms with Crippen LogP contribution >= 0.6 is 0 Å². The molecule has 0 aliphatic rings. The van der Waals surface area contributed by atoms with Gasteiger partial charge >= 0.3 is 0 Å². The Bertz CT molecular complexity index is 1600. The number of anilines is 3. The molecule has 0 aliphatic heterocycles. The van der Waals surface area contributed by atoms with E-state index in [2.05, 4.69) is 44.4 Å². The molecule has 0 saturated heterocycles. The fourth-order valence-corrected chi connectivity index (χ4v) is 4.01. The Morgan fingerprint density at radius 3 is 2.74 bits per heavy atom. The van der Waals surface area contributed by atoms with Gasteiger partial charge in [-0.05, 0) is 50.2 Å². The van der Waals surface area contributed by atoms with E-state index in [0.717, 1.165) is 44.6 Å². The maximum atomic E-state index is 4.78. The van der Waals surface area contributed by atoms with Gasteiger partial charge in [0, 0.05) is 23.3 Å². The van der Waals surface area contributed by atoms with Gasteiger partial charge in [0.2, 0.25) is 5.95 Å². The molecule has 4 heterocycles. The third-order valence-corrected chi connectivity index (χ3v) is 5.70. The largest absolute Gasteiger partial charge is 0.361 e. The van der Waals surface area contributed by atoms with E-state index < -0.39 is 0 Å². The fourth-order valence-electron chi connectivity index (χ4n) is 4.01. The minimum Gasteiger partial charge on any atom is -0.361 e. The zero-order chi connectivity index (χ0) is 23.1. The van der Waals surface area contributed by atoms with Crippen molar-refractivity contribution in [3.63, 3.8) is 0 Å². The lowest BCUT2D eigenvalue weighted by Gasteiger charge is -2.12. The smallest absolute Gasteiger partial charge is 0.231 e. The SMILES string of the molecule is CC(C)n1cnc2c(NCc3nc4ccccc4[nH]3)nc(Nc3ccc4ncccc4c3)nc21. The summed E-state index contributed by atoms with van der Waals surface area (Å²) in [5, 5.41) is 7.80. The number of hydrogen-bond acceptors (Lipinski definition) is 7. The summed E-state index contributed by atoms with van der Waals surface area (Å²) in [6.45, 7) is 4.69. The number of hydrogen-bond donors (Lipinski definition) is 3. The second-order valence-electron chi connectivity index (χ2n) is 8.40. The number of imidazole rings is 2. The van der Waals surface area contributed by atoms with Crippen molar-refractivity contribution in [2.75, 3.05) is 10.6 Å². The van der Waals surface area contributed by atoms with E-state index in [1.54, 1.807) is 6.20 Å². The Kier molecular flexibility index (Phi) is 4.80. The quantitative estimate of drug-likeness (QED) is 0.321. The van der Waals surface area contributed by atoms with Crippen LogP contribution in [0.25, 0.3) is 33.1 Å². The van der Waals surface area contributed by atoms with E-state index in [-0.39, 0.29) is 6.04 Å². The Morgan fingerprint density at radius 1 is 0.941 bits per heavy atom. The van der Waals surface area contributed by atoms with Crippen LogP contribution in [0.15, 0.2) is 67.1 Å². The molecule has 0 aliphatic carbocycles. The van der Waals surface area contributed by atoms with Crippen molar-refractivity contribution in [1.82, 2.24) is 34.5 Å². The number of rotatable bonds is 6. The first-order chi connectivity index (χ1) is 16.6. The molecular weight excluding hydrogens is 426 g/mol. The monoisotopic (exact) mass is 449 g/mol. The van der Waals surface area contributed by atoms with Crippen molar-refractivity contribution in [1.29, 1.82) is 0 Å². The van der Waals surface area contributed by atoms with Gasteiger partial charge in [-0.3, -0.25) is 4.98 Å². The van der Waals surface area contributed by atoms with Gasteiger partial charge in [-0.2, -0.15) is 9.97 Å². The highest BCUT2D eigenvalue weighted by Gasteiger charge is 2.16. The van der Waals surface area contributed by atoms with Crippen molar-refractivity contribution in [2.45, 2.75) is 26.4 Å². The molecule has 6 aromatic rings. The Balaban J connectivity index is 1.36. The summed E-state index contributed by atoms with van der Waals surface area (Å²) in [5.74, 6) is 1.97. The summed E-state index contributed by atoms with van der Waals surface area (Å²) < 4.78 is 2.04. The molecule has 0 bridgehead atoms. The molecule has 0 amide bonds. The molecule has 2 aromatic carbocycles. The molecule has 0 fully saturated rings. The summed E-state index contributed by atoms with van der Waals surface area (Å²) in [5.41, 5.74) is 5.25. The summed E-state index contributed by atoms with van der Waals surface area (Å²) in [4.78, 5) is 26.5. The van der Waals surface area contributed by atoms with E-state index in [1.165, 1.54) is 0 Å². The van der Waals surface area contributed by atoms with Crippen LogP contribution in [-0.2, 0) is 6.54 Å². The zero-order valence-electron chi connectivity index (χ0n) is 18.8. The number of aromatic nitrogens is 7. The third-order valence-electron chi connectivity index (χ3n) is 5.70. The van der Waals surface area contributed by atoms with Gasteiger partial charge in [0.1, 0.15) is 5.82 Å². The number of nitrogens with one attached hydrogen (secondary N) is 3. The molecule has 3 N–H and O–H groups in total. The van der Waals surface area contributed by atoms with Crippen molar-refractivity contribution < 1.29 is 0 Å². The molecule has 0 atom stereocenters. The van der Waals surface area contributed by atoms with Crippen molar-refractivity contribution in [3.05, 3.63) is 72.9 Å². The zero-order valence-corrected chi connectivity index (χ0v) is 18.8. The van der Waals surface area contributed by atoms with Gasteiger partial charge in [0.05, 0.1) is 29.4 Å². The molecule has 4 aromatic heterocycles. The third kappa shape index (κ3) is 3.66. The van der Waals surface area contributed by atoms with Crippen molar-refractivity contribution in [3.8, 4) is 0 Å². The van der Waals surface area contributed by atoms with Crippen LogP contribution in [0.1, 0.15) is 25.7 Å². The Morgan fingerprint density at radius 2 is 1.85 bits per heavy atom. The number of H-pyrrole nitrogens is 1. The highest BCUT2D eigenvalue weighted by molar-refractivity contribution is 5.86. The number of pyridine rings is 1. The average molecular weight is 450 g/mol. The molecule has 34 heavy (non-hydrogen) atoms. The summed E-state index contributed by atoms with van der Waals surface area (Å²) >= 11 is 0. The van der Waals surface area contributed by atoms with Crippen molar-refractivity contribution in [2.24, 2.45) is 0 Å². The van der Waals surface area contributed by atoms with Crippen LogP contribution < -0.4 is 10.6 Å². The molecule has 9 nitrogen and oxygen atoms in total. The summed E-state index contributed by atoms with van der Waals surface area (Å²) in [6.07, 6.45) is 3.60. The fraction of sp³-hybridized carbons (Fsp3) is 0.160. The normalized spacial score (nSPS) is 11.6.